The molecule has 0 saturated carbocycles. The third-order valence-electron chi connectivity index (χ3n) is 3.11. The molecular weight excluding hydrogens is 268 g/mol. The van der Waals surface area contributed by atoms with E-state index >= 15 is 0 Å². The van der Waals surface area contributed by atoms with Crippen molar-refractivity contribution in [2.24, 2.45) is 5.73 Å². The summed E-state index contributed by atoms with van der Waals surface area (Å²) < 4.78 is 26.4. The maximum atomic E-state index is 12.5. The van der Waals surface area contributed by atoms with Gasteiger partial charge in [0.1, 0.15) is 0 Å². The van der Waals surface area contributed by atoms with Crippen molar-refractivity contribution in [1.82, 2.24) is 4.31 Å². The van der Waals surface area contributed by atoms with Gasteiger partial charge >= 0.3 is 0 Å². The Morgan fingerprint density at radius 2 is 2.11 bits per heavy atom. The standard InChI is InChI=1S/C12H22N2O2S2/c1-5-6-9(2)14(4)18(15,16)12-7-11(8-13)17-10(12)3/h7,9H,5-6,8,13H2,1-4H3. The average molecular weight is 290 g/mol. The topological polar surface area (TPSA) is 63.4 Å². The Labute approximate surface area is 114 Å². The number of sulfonamides is 1. The van der Waals surface area contributed by atoms with Crippen LogP contribution in [0.15, 0.2) is 11.0 Å². The summed E-state index contributed by atoms with van der Waals surface area (Å²) in [4.78, 5) is 2.12. The Kier molecular flexibility index (Phi) is 5.33. The van der Waals surface area contributed by atoms with E-state index in [0.29, 0.717) is 11.4 Å². The van der Waals surface area contributed by atoms with Crippen LogP contribution in [-0.2, 0) is 16.6 Å². The van der Waals surface area contributed by atoms with Gasteiger partial charge in [0.2, 0.25) is 10.0 Å². The van der Waals surface area contributed by atoms with Crippen molar-refractivity contribution < 1.29 is 8.42 Å². The lowest BCUT2D eigenvalue weighted by Crippen LogP contribution is -2.35. The number of hydrogen-bond acceptors (Lipinski definition) is 4. The van der Waals surface area contributed by atoms with Crippen LogP contribution in [0, 0.1) is 6.92 Å². The summed E-state index contributed by atoms with van der Waals surface area (Å²) in [7, 11) is -1.74. The minimum Gasteiger partial charge on any atom is -0.326 e. The van der Waals surface area contributed by atoms with Gasteiger partial charge in [-0.15, -0.1) is 11.3 Å². The van der Waals surface area contributed by atoms with Crippen LogP contribution < -0.4 is 5.73 Å². The van der Waals surface area contributed by atoms with Crippen LogP contribution in [0.5, 0.6) is 0 Å². The molecule has 0 aliphatic rings. The van der Waals surface area contributed by atoms with E-state index in [1.165, 1.54) is 15.6 Å². The van der Waals surface area contributed by atoms with Crippen LogP contribution in [0.3, 0.4) is 0 Å². The van der Waals surface area contributed by atoms with Gasteiger partial charge in [-0.3, -0.25) is 0 Å². The molecule has 1 aromatic rings. The van der Waals surface area contributed by atoms with Gasteiger partial charge in [-0.05, 0) is 26.3 Å². The Balaban J connectivity index is 3.08. The van der Waals surface area contributed by atoms with Crippen molar-refractivity contribution in [3.8, 4) is 0 Å². The lowest BCUT2D eigenvalue weighted by Gasteiger charge is -2.23. The molecule has 0 saturated heterocycles. The first-order chi connectivity index (χ1) is 8.34. The Morgan fingerprint density at radius 1 is 1.50 bits per heavy atom. The molecule has 0 aromatic carbocycles. The van der Waals surface area contributed by atoms with E-state index in [9.17, 15) is 8.42 Å². The van der Waals surface area contributed by atoms with Crippen molar-refractivity contribution >= 4 is 21.4 Å². The molecule has 0 aliphatic heterocycles. The van der Waals surface area contributed by atoms with Gasteiger partial charge in [0.15, 0.2) is 0 Å². The number of nitrogens with zero attached hydrogens (tertiary/aromatic N) is 1. The fraction of sp³-hybridized carbons (Fsp3) is 0.667. The second-order valence-electron chi connectivity index (χ2n) is 4.50. The number of rotatable bonds is 6. The molecule has 0 amide bonds. The van der Waals surface area contributed by atoms with Crippen molar-refractivity contribution in [3.05, 3.63) is 15.8 Å². The molecule has 1 rings (SSSR count). The molecule has 1 atom stereocenters. The summed E-state index contributed by atoms with van der Waals surface area (Å²) in [6.45, 7) is 6.20. The average Bonchev–Trinajstić information content (AvgIpc) is 2.70. The smallest absolute Gasteiger partial charge is 0.244 e. The first-order valence-corrected chi connectivity index (χ1v) is 8.37. The first kappa shape index (κ1) is 15.6. The van der Waals surface area contributed by atoms with E-state index < -0.39 is 10.0 Å². The Hall–Kier alpha value is -0.430. The Morgan fingerprint density at radius 3 is 2.56 bits per heavy atom. The van der Waals surface area contributed by atoms with Gasteiger partial charge in [-0.1, -0.05) is 13.3 Å². The molecule has 0 bridgehead atoms. The lowest BCUT2D eigenvalue weighted by molar-refractivity contribution is 0.368. The maximum Gasteiger partial charge on any atom is 0.244 e. The van der Waals surface area contributed by atoms with E-state index in [0.717, 1.165) is 22.6 Å². The molecular formula is C12H22N2O2S2. The van der Waals surface area contributed by atoms with Crippen molar-refractivity contribution in [3.63, 3.8) is 0 Å². The van der Waals surface area contributed by atoms with Crippen LogP contribution in [0.1, 0.15) is 36.4 Å². The summed E-state index contributed by atoms with van der Waals surface area (Å²) in [6.07, 6.45) is 1.83. The van der Waals surface area contributed by atoms with E-state index in [4.69, 9.17) is 5.73 Å². The zero-order chi connectivity index (χ0) is 13.9. The molecule has 104 valence electrons. The first-order valence-electron chi connectivity index (χ1n) is 6.12. The minimum absolute atomic E-state index is 0.0145. The highest BCUT2D eigenvalue weighted by Crippen LogP contribution is 2.28. The highest BCUT2D eigenvalue weighted by Gasteiger charge is 2.27. The third-order valence-corrected chi connectivity index (χ3v) is 6.41. The number of hydrogen-bond donors (Lipinski definition) is 1. The fourth-order valence-corrected chi connectivity index (χ4v) is 4.74. The van der Waals surface area contributed by atoms with Gasteiger partial charge in [0, 0.05) is 29.4 Å². The molecule has 0 fully saturated rings. The quantitative estimate of drug-likeness (QED) is 0.874. The molecule has 1 heterocycles. The molecule has 1 unspecified atom stereocenters. The van der Waals surface area contributed by atoms with E-state index in [-0.39, 0.29) is 6.04 Å². The molecule has 0 aliphatic carbocycles. The van der Waals surface area contributed by atoms with Crippen molar-refractivity contribution in [1.29, 1.82) is 0 Å². The van der Waals surface area contributed by atoms with E-state index in [2.05, 4.69) is 6.92 Å². The summed E-state index contributed by atoms with van der Waals surface area (Å²) in [6, 6.07) is 1.71. The fourth-order valence-electron chi connectivity index (χ4n) is 1.87. The van der Waals surface area contributed by atoms with Crippen molar-refractivity contribution in [2.75, 3.05) is 7.05 Å². The molecule has 1 aromatic heterocycles. The molecule has 2 N–H and O–H groups in total. The highest BCUT2D eigenvalue weighted by atomic mass is 32.2. The lowest BCUT2D eigenvalue weighted by atomic mass is 10.2. The predicted molar refractivity (Wildman–Crippen MR) is 76.3 cm³/mol. The van der Waals surface area contributed by atoms with Gasteiger partial charge in [-0.2, -0.15) is 4.31 Å². The number of nitrogens with two attached hydrogens (primary N) is 1. The highest BCUT2D eigenvalue weighted by molar-refractivity contribution is 7.89. The molecule has 0 radical (unpaired) electrons. The van der Waals surface area contributed by atoms with E-state index in [1.807, 2.05) is 13.8 Å². The van der Waals surface area contributed by atoms with Crippen LogP contribution in [0.4, 0.5) is 0 Å². The third kappa shape index (κ3) is 3.12. The molecule has 6 heteroatoms. The van der Waals surface area contributed by atoms with Gasteiger partial charge in [0.05, 0.1) is 4.90 Å². The zero-order valence-corrected chi connectivity index (χ0v) is 13.1. The largest absolute Gasteiger partial charge is 0.326 e. The number of thiophene rings is 1. The summed E-state index contributed by atoms with van der Waals surface area (Å²) in [5, 5.41) is 0. The van der Waals surface area contributed by atoms with Crippen LogP contribution >= 0.6 is 11.3 Å². The minimum atomic E-state index is -3.39. The van der Waals surface area contributed by atoms with Crippen LogP contribution in [-0.4, -0.2) is 25.8 Å². The maximum absolute atomic E-state index is 12.5. The normalized spacial score (nSPS) is 14.1. The second-order valence-corrected chi connectivity index (χ2v) is 7.80. The monoisotopic (exact) mass is 290 g/mol. The summed E-state index contributed by atoms with van der Waals surface area (Å²) in [5.41, 5.74) is 5.56. The van der Waals surface area contributed by atoms with E-state index in [1.54, 1.807) is 13.1 Å². The van der Waals surface area contributed by atoms with Gasteiger partial charge < -0.3 is 5.73 Å². The number of aryl methyl sites for hydroxylation is 1. The van der Waals surface area contributed by atoms with Gasteiger partial charge in [0.25, 0.3) is 0 Å². The summed E-state index contributed by atoms with van der Waals surface area (Å²) in [5.74, 6) is 0. The Bertz CT molecular complexity index is 494. The van der Waals surface area contributed by atoms with Crippen LogP contribution in [0.25, 0.3) is 0 Å². The molecule has 0 spiro atoms. The summed E-state index contributed by atoms with van der Waals surface area (Å²) >= 11 is 1.45. The molecule has 4 nitrogen and oxygen atoms in total. The SMILES string of the molecule is CCCC(C)N(C)S(=O)(=O)c1cc(CN)sc1C. The zero-order valence-electron chi connectivity index (χ0n) is 11.4. The molecule has 18 heavy (non-hydrogen) atoms. The predicted octanol–water partition coefficient (Wildman–Crippen LogP) is 2.32. The van der Waals surface area contributed by atoms with Crippen molar-refractivity contribution in [2.45, 2.75) is 51.1 Å². The second kappa shape index (κ2) is 6.14. The van der Waals surface area contributed by atoms with Gasteiger partial charge in [-0.25, -0.2) is 8.42 Å². The van der Waals surface area contributed by atoms with Crippen LogP contribution in [0.2, 0.25) is 0 Å².